The summed E-state index contributed by atoms with van der Waals surface area (Å²) in [4.78, 5) is 22.7. The molecule has 0 aliphatic carbocycles. The van der Waals surface area contributed by atoms with Gasteiger partial charge in [-0.1, -0.05) is 13.8 Å². The Labute approximate surface area is 107 Å². The van der Waals surface area contributed by atoms with Crippen LogP contribution < -0.4 is 10.6 Å². The predicted octanol–water partition coefficient (Wildman–Crippen LogP) is 0.664. The fourth-order valence-corrected chi connectivity index (χ4v) is 1.54. The summed E-state index contributed by atoms with van der Waals surface area (Å²) >= 11 is 0. The number of nitrogens with one attached hydrogen (secondary N) is 2. The maximum absolute atomic E-state index is 11.5. The molecule has 6 nitrogen and oxygen atoms in total. The number of rotatable bonds is 6. The molecule has 1 aliphatic rings. The molecule has 104 valence electrons. The summed E-state index contributed by atoms with van der Waals surface area (Å²) in [5.74, 6) is 0.208. The van der Waals surface area contributed by atoms with Gasteiger partial charge in [0.2, 0.25) is 5.91 Å². The van der Waals surface area contributed by atoms with E-state index in [1.807, 2.05) is 13.8 Å². The average Bonchev–Trinajstić information content (AvgIpc) is 2.85. The highest BCUT2D eigenvalue weighted by molar-refractivity contribution is 5.81. The van der Waals surface area contributed by atoms with E-state index >= 15 is 0 Å². The third-order valence-corrected chi connectivity index (χ3v) is 2.46. The van der Waals surface area contributed by atoms with Crippen LogP contribution in [0.4, 0.5) is 4.79 Å². The molecule has 2 N–H and O–H groups in total. The largest absolute Gasteiger partial charge is 0.449 e. The number of amides is 2. The van der Waals surface area contributed by atoms with Crippen molar-refractivity contribution in [2.45, 2.75) is 32.8 Å². The van der Waals surface area contributed by atoms with E-state index in [1.165, 1.54) is 0 Å². The third kappa shape index (κ3) is 5.86. The van der Waals surface area contributed by atoms with Gasteiger partial charge in [0.1, 0.15) is 6.10 Å². The van der Waals surface area contributed by atoms with Gasteiger partial charge in [-0.3, -0.25) is 4.79 Å². The van der Waals surface area contributed by atoms with E-state index < -0.39 is 6.09 Å². The van der Waals surface area contributed by atoms with E-state index in [1.54, 1.807) is 0 Å². The van der Waals surface area contributed by atoms with Gasteiger partial charge in [0.05, 0.1) is 6.61 Å². The van der Waals surface area contributed by atoms with Crippen LogP contribution in [0.25, 0.3) is 0 Å². The first-order valence-corrected chi connectivity index (χ1v) is 6.39. The molecule has 0 aromatic rings. The molecule has 0 bridgehead atoms. The average molecular weight is 258 g/mol. The normalized spacial score (nSPS) is 18.7. The fourth-order valence-electron chi connectivity index (χ4n) is 1.54. The molecule has 6 heteroatoms. The Hall–Kier alpha value is -1.30. The molecule has 1 atom stereocenters. The summed E-state index contributed by atoms with van der Waals surface area (Å²) in [7, 11) is 0. The van der Waals surface area contributed by atoms with E-state index in [0.29, 0.717) is 32.2 Å². The van der Waals surface area contributed by atoms with Gasteiger partial charge < -0.3 is 20.1 Å². The zero-order valence-electron chi connectivity index (χ0n) is 11.0. The molecule has 0 radical (unpaired) electrons. The van der Waals surface area contributed by atoms with Crippen LogP contribution in [-0.4, -0.2) is 44.4 Å². The van der Waals surface area contributed by atoms with E-state index in [-0.39, 0.29) is 12.0 Å². The number of alkyl carbamates (subject to hydrolysis) is 1. The van der Waals surface area contributed by atoms with Crippen molar-refractivity contribution in [1.29, 1.82) is 0 Å². The molecular weight excluding hydrogens is 236 g/mol. The maximum Gasteiger partial charge on any atom is 0.407 e. The van der Waals surface area contributed by atoms with Crippen LogP contribution in [0.15, 0.2) is 0 Å². The molecule has 0 aromatic heterocycles. The minimum atomic E-state index is -0.449. The van der Waals surface area contributed by atoms with Crippen LogP contribution in [0.2, 0.25) is 0 Å². The van der Waals surface area contributed by atoms with Crippen molar-refractivity contribution in [3.63, 3.8) is 0 Å². The molecule has 2 amide bonds. The maximum atomic E-state index is 11.5. The van der Waals surface area contributed by atoms with Gasteiger partial charge in [-0.05, 0) is 18.8 Å². The Balaban J connectivity index is 2.00. The van der Waals surface area contributed by atoms with Crippen molar-refractivity contribution in [3.8, 4) is 0 Å². The zero-order valence-corrected chi connectivity index (χ0v) is 11.0. The molecule has 1 fully saturated rings. The highest BCUT2D eigenvalue weighted by atomic mass is 16.5. The van der Waals surface area contributed by atoms with Gasteiger partial charge in [-0.15, -0.1) is 0 Å². The summed E-state index contributed by atoms with van der Waals surface area (Å²) in [6.07, 6.45) is 0.932. The van der Waals surface area contributed by atoms with E-state index in [2.05, 4.69) is 10.6 Å². The molecule has 0 spiro atoms. The SMILES string of the molecule is CC(C)COC(=O)NCCNC(=O)C1CCCO1. The second kappa shape index (κ2) is 7.92. The van der Waals surface area contributed by atoms with Crippen LogP contribution in [0.5, 0.6) is 0 Å². The molecule has 1 aliphatic heterocycles. The molecular formula is C12H22N2O4. The van der Waals surface area contributed by atoms with Crippen molar-refractivity contribution in [2.24, 2.45) is 5.92 Å². The Morgan fingerprint density at radius 2 is 2.06 bits per heavy atom. The lowest BCUT2D eigenvalue weighted by Gasteiger charge is -2.11. The molecule has 0 saturated carbocycles. The van der Waals surface area contributed by atoms with Crippen LogP contribution in [-0.2, 0) is 14.3 Å². The Kier molecular flexibility index (Phi) is 6.49. The van der Waals surface area contributed by atoms with Gasteiger partial charge in [0.15, 0.2) is 0 Å². The molecule has 1 heterocycles. The highest BCUT2D eigenvalue weighted by Gasteiger charge is 2.22. The first kappa shape index (κ1) is 14.8. The first-order chi connectivity index (χ1) is 8.59. The van der Waals surface area contributed by atoms with E-state index in [0.717, 1.165) is 12.8 Å². The smallest absolute Gasteiger partial charge is 0.407 e. The Morgan fingerprint density at radius 3 is 2.67 bits per heavy atom. The molecule has 1 saturated heterocycles. The van der Waals surface area contributed by atoms with Gasteiger partial charge in [0, 0.05) is 19.7 Å². The van der Waals surface area contributed by atoms with Crippen molar-refractivity contribution in [3.05, 3.63) is 0 Å². The fraction of sp³-hybridized carbons (Fsp3) is 0.833. The summed E-state index contributed by atoms with van der Waals surface area (Å²) in [6, 6.07) is 0. The number of carbonyl (C=O) groups excluding carboxylic acids is 2. The third-order valence-electron chi connectivity index (χ3n) is 2.46. The number of hydrogen-bond donors (Lipinski definition) is 2. The van der Waals surface area contributed by atoms with Crippen LogP contribution >= 0.6 is 0 Å². The number of hydrogen-bond acceptors (Lipinski definition) is 4. The van der Waals surface area contributed by atoms with Gasteiger partial charge >= 0.3 is 6.09 Å². The van der Waals surface area contributed by atoms with Crippen LogP contribution in [0.1, 0.15) is 26.7 Å². The van der Waals surface area contributed by atoms with Crippen LogP contribution in [0.3, 0.4) is 0 Å². The molecule has 0 aromatic carbocycles. The summed E-state index contributed by atoms with van der Waals surface area (Å²) in [6.45, 7) is 5.72. The predicted molar refractivity (Wildman–Crippen MR) is 66.2 cm³/mol. The highest BCUT2D eigenvalue weighted by Crippen LogP contribution is 2.11. The minimum absolute atomic E-state index is 0.107. The number of ether oxygens (including phenoxy) is 2. The monoisotopic (exact) mass is 258 g/mol. The summed E-state index contributed by atoms with van der Waals surface area (Å²) in [5, 5.41) is 5.28. The quantitative estimate of drug-likeness (QED) is 0.686. The Bertz CT molecular complexity index is 275. The minimum Gasteiger partial charge on any atom is -0.449 e. The summed E-state index contributed by atoms with van der Waals surface area (Å²) in [5.41, 5.74) is 0. The topological polar surface area (TPSA) is 76.7 Å². The molecule has 1 unspecified atom stereocenters. The standard InChI is InChI=1S/C12H22N2O4/c1-9(2)8-18-12(16)14-6-5-13-11(15)10-4-3-7-17-10/h9-10H,3-8H2,1-2H3,(H,13,15)(H,14,16). The first-order valence-electron chi connectivity index (χ1n) is 6.39. The van der Waals surface area contributed by atoms with E-state index in [9.17, 15) is 9.59 Å². The molecule has 1 rings (SSSR count). The van der Waals surface area contributed by atoms with Gasteiger partial charge in [0.25, 0.3) is 0 Å². The van der Waals surface area contributed by atoms with Crippen molar-refractivity contribution < 1.29 is 19.1 Å². The number of carbonyl (C=O) groups is 2. The Morgan fingerprint density at radius 1 is 1.33 bits per heavy atom. The zero-order chi connectivity index (χ0) is 13.4. The van der Waals surface area contributed by atoms with E-state index in [4.69, 9.17) is 9.47 Å². The lowest BCUT2D eigenvalue weighted by atomic mass is 10.2. The summed E-state index contributed by atoms with van der Waals surface area (Å²) < 4.78 is 10.2. The van der Waals surface area contributed by atoms with Crippen molar-refractivity contribution in [2.75, 3.05) is 26.3 Å². The lowest BCUT2D eigenvalue weighted by Crippen LogP contribution is -2.39. The van der Waals surface area contributed by atoms with Gasteiger partial charge in [-0.25, -0.2) is 4.79 Å². The van der Waals surface area contributed by atoms with Gasteiger partial charge in [-0.2, -0.15) is 0 Å². The van der Waals surface area contributed by atoms with Crippen molar-refractivity contribution >= 4 is 12.0 Å². The van der Waals surface area contributed by atoms with Crippen molar-refractivity contribution in [1.82, 2.24) is 10.6 Å². The second-order valence-corrected chi connectivity index (χ2v) is 4.71. The second-order valence-electron chi connectivity index (χ2n) is 4.71. The van der Waals surface area contributed by atoms with Crippen LogP contribution in [0, 0.1) is 5.92 Å². The molecule has 18 heavy (non-hydrogen) atoms. The lowest BCUT2D eigenvalue weighted by molar-refractivity contribution is -0.129.